The fourth-order valence-corrected chi connectivity index (χ4v) is 2.52. The molecular formula is C15H22N2O2. The Hall–Kier alpha value is -1.39. The Morgan fingerprint density at radius 2 is 2.21 bits per heavy atom. The van der Waals surface area contributed by atoms with E-state index >= 15 is 0 Å². The van der Waals surface area contributed by atoms with E-state index in [9.17, 15) is 4.79 Å². The van der Waals surface area contributed by atoms with Gasteiger partial charge in [0.1, 0.15) is 0 Å². The molecule has 4 heteroatoms. The van der Waals surface area contributed by atoms with E-state index in [4.69, 9.17) is 5.11 Å². The lowest BCUT2D eigenvalue weighted by Crippen LogP contribution is -2.40. The predicted molar refractivity (Wildman–Crippen MR) is 76.3 cm³/mol. The molecular weight excluding hydrogens is 240 g/mol. The fraction of sp³-hybridized carbons (Fsp3) is 0.533. The Bertz CT molecular complexity index is 434. The summed E-state index contributed by atoms with van der Waals surface area (Å²) in [6.07, 6.45) is 1.67. The molecule has 0 bridgehead atoms. The zero-order valence-electron chi connectivity index (χ0n) is 11.5. The van der Waals surface area contributed by atoms with E-state index in [2.05, 4.69) is 11.0 Å². The smallest absolute Gasteiger partial charge is 0.241 e. The maximum atomic E-state index is 12.4. The van der Waals surface area contributed by atoms with Gasteiger partial charge in [0.05, 0.1) is 6.54 Å². The molecule has 4 nitrogen and oxygen atoms in total. The second kappa shape index (κ2) is 6.68. The van der Waals surface area contributed by atoms with Gasteiger partial charge in [-0.3, -0.25) is 9.69 Å². The zero-order valence-corrected chi connectivity index (χ0v) is 11.5. The van der Waals surface area contributed by atoms with E-state index in [1.54, 1.807) is 0 Å². The second-order valence-electron chi connectivity index (χ2n) is 4.87. The van der Waals surface area contributed by atoms with Crippen LogP contribution in [0.25, 0.3) is 0 Å². The summed E-state index contributed by atoms with van der Waals surface area (Å²) in [5.41, 5.74) is 2.32. The van der Waals surface area contributed by atoms with Crippen molar-refractivity contribution >= 4 is 11.6 Å². The number of amides is 1. The minimum atomic E-state index is 0.157. The lowest BCUT2D eigenvalue weighted by molar-refractivity contribution is -0.119. The van der Waals surface area contributed by atoms with Gasteiger partial charge in [-0.05, 0) is 31.0 Å². The Kier molecular flexibility index (Phi) is 4.93. The molecule has 2 rings (SSSR count). The predicted octanol–water partition coefficient (Wildman–Crippen LogP) is 1.28. The van der Waals surface area contributed by atoms with Crippen LogP contribution in [0.5, 0.6) is 0 Å². The van der Waals surface area contributed by atoms with Gasteiger partial charge >= 0.3 is 0 Å². The van der Waals surface area contributed by atoms with Crippen molar-refractivity contribution in [2.75, 3.05) is 37.7 Å². The summed E-state index contributed by atoms with van der Waals surface area (Å²) >= 11 is 0. The first-order valence-electron chi connectivity index (χ1n) is 6.97. The molecule has 104 valence electrons. The van der Waals surface area contributed by atoms with Crippen molar-refractivity contribution in [2.45, 2.75) is 19.8 Å². The highest BCUT2D eigenvalue weighted by Crippen LogP contribution is 2.27. The summed E-state index contributed by atoms with van der Waals surface area (Å²) in [5, 5.41) is 8.86. The maximum absolute atomic E-state index is 12.4. The average Bonchev–Trinajstić information content (AvgIpc) is 2.87. The number of aliphatic hydroxyl groups is 1. The molecule has 1 aromatic rings. The summed E-state index contributed by atoms with van der Waals surface area (Å²) in [7, 11) is 0. The van der Waals surface area contributed by atoms with Gasteiger partial charge in [-0.2, -0.15) is 0 Å². The van der Waals surface area contributed by atoms with Crippen LogP contribution in [0.3, 0.4) is 0 Å². The number of carbonyl (C=O) groups is 1. The summed E-state index contributed by atoms with van der Waals surface area (Å²) < 4.78 is 0. The van der Waals surface area contributed by atoms with Crippen LogP contribution in [0.15, 0.2) is 24.3 Å². The number of benzene rings is 1. The monoisotopic (exact) mass is 262 g/mol. The van der Waals surface area contributed by atoms with Crippen molar-refractivity contribution in [1.29, 1.82) is 0 Å². The van der Waals surface area contributed by atoms with Crippen LogP contribution in [0.2, 0.25) is 0 Å². The number of carbonyl (C=O) groups excluding carboxylic acids is 1. The average molecular weight is 262 g/mol. The molecule has 0 radical (unpaired) electrons. The fourth-order valence-electron chi connectivity index (χ4n) is 2.52. The SMILES string of the molecule is CCN(CCCO)CC(=O)N1CCc2ccccc21. The molecule has 19 heavy (non-hydrogen) atoms. The van der Waals surface area contributed by atoms with Gasteiger partial charge in [-0.25, -0.2) is 0 Å². The first-order valence-corrected chi connectivity index (χ1v) is 6.97. The van der Waals surface area contributed by atoms with Crippen LogP contribution in [-0.4, -0.2) is 48.7 Å². The third kappa shape index (κ3) is 3.33. The van der Waals surface area contributed by atoms with Crippen molar-refractivity contribution < 1.29 is 9.90 Å². The molecule has 0 unspecified atom stereocenters. The Labute approximate surface area is 114 Å². The van der Waals surface area contributed by atoms with E-state index in [1.165, 1.54) is 5.56 Å². The van der Waals surface area contributed by atoms with Crippen molar-refractivity contribution in [3.05, 3.63) is 29.8 Å². The minimum absolute atomic E-state index is 0.157. The maximum Gasteiger partial charge on any atom is 0.241 e. The van der Waals surface area contributed by atoms with Gasteiger partial charge < -0.3 is 10.0 Å². The number of fused-ring (bicyclic) bond motifs is 1. The third-order valence-electron chi connectivity index (χ3n) is 3.63. The lowest BCUT2D eigenvalue weighted by atomic mass is 10.2. The molecule has 1 aromatic carbocycles. The highest BCUT2D eigenvalue weighted by Gasteiger charge is 2.24. The number of hydrogen-bond donors (Lipinski definition) is 1. The van der Waals surface area contributed by atoms with Crippen LogP contribution in [0, 0.1) is 0 Å². The molecule has 0 saturated heterocycles. The molecule has 0 fully saturated rings. The van der Waals surface area contributed by atoms with Crippen LogP contribution >= 0.6 is 0 Å². The van der Waals surface area contributed by atoms with Crippen LogP contribution in [-0.2, 0) is 11.2 Å². The number of aliphatic hydroxyl groups excluding tert-OH is 1. The quantitative estimate of drug-likeness (QED) is 0.840. The van der Waals surface area contributed by atoms with Gasteiger partial charge in [-0.15, -0.1) is 0 Å². The van der Waals surface area contributed by atoms with Gasteiger partial charge in [0.2, 0.25) is 5.91 Å². The van der Waals surface area contributed by atoms with Crippen LogP contribution < -0.4 is 4.90 Å². The molecule has 1 aliphatic rings. The van der Waals surface area contributed by atoms with E-state index in [-0.39, 0.29) is 12.5 Å². The second-order valence-corrected chi connectivity index (χ2v) is 4.87. The molecule has 1 aliphatic heterocycles. The van der Waals surface area contributed by atoms with E-state index in [1.807, 2.05) is 30.0 Å². The number of rotatable bonds is 6. The van der Waals surface area contributed by atoms with E-state index < -0.39 is 0 Å². The van der Waals surface area contributed by atoms with E-state index in [0.29, 0.717) is 6.54 Å². The van der Waals surface area contributed by atoms with Crippen LogP contribution in [0.4, 0.5) is 5.69 Å². The third-order valence-corrected chi connectivity index (χ3v) is 3.63. The topological polar surface area (TPSA) is 43.8 Å². The number of likely N-dealkylation sites (N-methyl/N-ethyl adjacent to an activating group) is 1. The molecule has 1 heterocycles. The van der Waals surface area contributed by atoms with Crippen molar-refractivity contribution in [3.8, 4) is 0 Å². The van der Waals surface area contributed by atoms with E-state index in [0.717, 1.165) is 38.2 Å². The number of anilines is 1. The molecule has 0 saturated carbocycles. The Balaban J connectivity index is 1.97. The molecule has 0 atom stereocenters. The summed E-state index contributed by atoms with van der Waals surface area (Å²) in [5.74, 6) is 0.157. The molecule has 1 N–H and O–H groups in total. The van der Waals surface area contributed by atoms with Gasteiger partial charge in [-0.1, -0.05) is 25.1 Å². The number of para-hydroxylation sites is 1. The molecule has 0 aromatic heterocycles. The molecule has 0 aliphatic carbocycles. The minimum Gasteiger partial charge on any atom is -0.396 e. The standard InChI is InChI=1S/C15H22N2O2/c1-2-16(9-5-11-18)12-15(19)17-10-8-13-6-3-4-7-14(13)17/h3-4,6-7,18H,2,5,8-12H2,1H3. The largest absolute Gasteiger partial charge is 0.396 e. The summed E-state index contributed by atoms with van der Waals surface area (Å²) in [6, 6.07) is 8.11. The highest BCUT2D eigenvalue weighted by molar-refractivity contribution is 5.96. The molecule has 1 amide bonds. The Morgan fingerprint density at radius 1 is 1.42 bits per heavy atom. The Morgan fingerprint density at radius 3 is 2.95 bits per heavy atom. The summed E-state index contributed by atoms with van der Waals surface area (Å²) in [6.45, 7) is 5.05. The lowest BCUT2D eigenvalue weighted by Gasteiger charge is -2.24. The van der Waals surface area contributed by atoms with Crippen molar-refractivity contribution in [2.24, 2.45) is 0 Å². The normalized spacial score (nSPS) is 13.9. The number of nitrogens with zero attached hydrogens (tertiary/aromatic N) is 2. The zero-order chi connectivity index (χ0) is 13.7. The van der Waals surface area contributed by atoms with Gasteiger partial charge in [0, 0.05) is 25.4 Å². The first-order chi connectivity index (χ1) is 9.26. The number of hydrogen-bond acceptors (Lipinski definition) is 3. The van der Waals surface area contributed by atoms with Gasteiger partial charge in [0.15, 0.2) is 0 Å². The summed E-state index contributed by atoms with van der Waals surface area (Å²) in [4.78, 5) is 16.3. The van der Waals surface area contributed by atoms with Crippen LogP contribution in [0.1, 0.15) is 18.9 Å². The first kappa shape index (κ1) is 14.0. The molecule has 0 spiro atoms. The highest BCUT2D eigenvalue weighted by atomic mass is 16.3. The van der Waals surface area contributed by atoms with Crippen molar-refractivity contribution in [1.82, 2.24) is 4.90 Å². The van der Waals surface area contributed by atoms with Crippen molar-refractivity contribution in [3.63, 3.8) is 0 Å². The van der Waals surface area contributed by atoms with Gasteiger partial charge in [0.25, 0.3) is 0 Å².